The van der Waals surface area contributed by atoms with Gasteiger partial charge in [0.05, 0.1) is 18.6 Å². The van der Waals surface area contributed by atoms with Gasteiger partial charge < -0.3 is 9.47 Å². The molecule has 0 aromatic heterocycles. The molecule has 1 rings (SSSR count). The van der Waals surface area contributed by atoms with Crippen LogP contribution < -0.4 is 0 Å². The summed E-state index contributed by atoms with van der Waals surface area (Å²) in [4.78, 5) is 0. The Balaban J connectivity index is 2.44. The van der Waals surface area contributed by atoms with Gasteiger partial charge in [0.1, 0.15) is 0 Å². The smallest absolute Gasteiger partial charge is 0.246 e. The molecule has 0 N–H and O–H groups in total. The zero-order valence-corrected chi connectivity index (χ0v) is 6.59. The van der Waals surface area contributed by atoms with Crippen molar-refractivity contribution in [1.29, 1.82) is 0 Å². The zero-order valence-electron chi connectivity index (χ0n) is 6.59. The highest BCUT2D eigenvalue weighted by Gasteiger charge is 2.33. The number of hydrogen-bond donors (Lipinski definition) is 0. The molecule has 0 saturated carbocycles. The first-order chi connectivity index (χ1) is 5.11. The molecule has 1 heterocycles. The SMILES string of the molecule is CC1OCC(C(F)F)C(C)O1. The van der Waals surface area contributed by atoms with Crippen molar-refractivity contribution in [1.82, 2.24) is 0 Å². The predicted molar refractivity (Wildman–Crippen MR) is 35.5 cm³/mol. The summed E-state index contributed by atoms with van der Waals surface area (Å²) < 4.78 is 34.3. The van der Waals surface area contributed by atoms with Crippen LogP contribution in [0.1, 0.15) is 13.8 Å². The van der Waals surface area contributed by atoms with E-state index in [1.165, 1.54) is 0 Å². The van der Waals surface area contributed by atoms with Gasteiger partial charge >= 0.3 is 0 Å². The van der Waals surface area contributed by atoms with Gasteiger partial charge in [0.2, 0.25) is 6.43 Å². The number of hydrogen-bond acceptors (Lipinski definition) is 2. The summed E-state index contributed by atoms with van der Waals surface area (Å²) in [7, 11) is 0. The molecular formula is C7H12F2O2. The van der Waals surface area contributed by atoms with Gasteiger partial charge in [0.15, 0.2) is 6.29 Å². The van der Waals surface area contributed by atoms with Crippen LogP contribution in [0.4, 0.5) is 8.78 Å². The lowest BCUT2D eigenvalue weighted by atomic mass is 10.1. The molecule has 0 aliphatic carbocycles. The molecule has 0 amide bonds. The van der Waals surface area contributed by atoms with E-state index in [1.807, 2.05) is 0 Å². The second-order valence-electron chi connectivity index (χ2n) is 2.74. The van der Waals surface area contributed by atoms with E-state index >= 15 is 0 Å². The van der Waals surface area contributed by atoms with Crippen molar-refractivity contribution in [2.75, 3.05) is 6.61 Å². The van der Waals surface area contributed by atoms with Gasteiger partial charge in [-0.25, -0.2) is 8.78 Å². The summed E-state index contributed by atoms with van der Waals surface area (Å²) in [5, 5.41) is 0. The molecule has 1 fully saturated rings. The van der Waals surface area contributed by atoms with Crippen LogP contribution in [0.15, 0.2) is 0 Å². The van der Waals surface area contributed by atoms with E-state index in [9.17, 15) is 8.78 Å². The second-order valence-corrected chi connectivity index (χ2v) is 2.74. The van der Waals surface area contributed by atoms with Crippen LogP contribution in [0, 0.1) is 5.92 Å². The standard InChI is InChI=1S/C7H12F2O2/c1-4-6(7(8)9)3-10-5(2)11-4/h4-7H,3H2,1-2H3. The highest BCUT2D eigenvalue weighted by Crippen LogP contribution is 2.23. The highest BCUT2D eigenvalue weighted by atomic mass is 19.3. The van der Waals surface area contributed by atoms with Crippen LogP contribution in [-0.4, -0.2) is 25.4 Å². The van der Waals surface area contributed by atoms with Crippen LogP contribution >= 0.6 is 0 Å². The van der Waals surface area contributed by atoms with E-state index in [4.69, 9.17) is 9.47 Å². The Morgan fingerprint density at radius 2 is 2.00 bits per heavy atom. The summed E-state index contributed by atoms with van der Waals surface area (Å²) in [6.07, 6.45) is -3.10. The van der Waals surface area contributed by atoms with Gasteiger partial charge in [-0.05, 0) is 13.8 Å². The minimum Gasteiger partial charge on any atom is -0.352 e. The third-order valence-corrected chi connectivity index (χ3v) is 1.86. The summed E-state index contributed by atoms with van der Waals surface area (Å²) in [5.41, 5.74) is 0. The van der Waals surface area contributed by atoms with Crippen LogP contribution in [-0.2, 0) is 9.47 Å². The van der Waals surface area contributed by atoms with E-state index in [0.29, 0.717) is 0 Å². The Bertz CT molecular complexity index is 130. The fraction of sp³-hybridized carbons (Fsp3) is 1.00. The molecule has 0 aromatic rings. The summed E-state index contributed by atoms with van der Waals surface area (Å²) in [6.45, 7) is 3.45. The maximum atomic E-state index is 12.1. The van der Waals surface area contributed by atoms with Crippen LogP contribution in [0.3, 0.4) is 0 Å². The molecule has 0 spiro atoms. The van der Waals surface area contributed by atoms with Crippen molar-refractivity contribution in [3.8, 4) is 0 Å². The van der Waals surface area contributed by atoms with E-state index in [0.717, 1.165) is 0 Å². The zero-order chi connectivity index (χ0) is 8.43. The Morgan fingerprint density at radius 3 is 2.45 bits per heavy atom. The topological polar surface area (TPSA) is 18.5 Å². The first-order valence-corrected chi connectivity index (χ1v) is 3.66. The number of halogens is 2. The molecular weight excluding hydrogens is 154 g/mol. The van der Waals surface area contributed by atoms with Gasteiger partial charge in [-0.15, -0.1) is 0 Å². The minimum absolute atomic E-state index is 0.0972. The molecule has 0 aromatic carbocycles. The second kappa shape index (κ2) is 3.45. The molecule has 3 atom stereocenters. The van der Waals surface area contributed by atoms with E-state index in [2.05, 4.69) is 0 Å². The van der Waals surface area contributed by atoms with Gasteiger partial charge in [0.25, 0.3) is 0 Å². The van der Waals surface area contributed by atoms with E-state index in [-0.39, 0.29) is 12.9 Å². The first kappa shape index (κ1) is 8.87. The van der Waals surface area contributed by atoms with Crippen molar-refractivity contribution in [2.24, 2.45) is 5.92 Å². The van der Waals surface area contributed by atoms with Gasteiger partial charge in [-0.3, -0.25) is 0 Å². The lowest BCUT2D eigenvalue weighted by Gasteiger charge is -2.32. The predicted octanol–water partition coefficient (Wildman–Crippen LogP) is 1.65. The summed E-state index contributed by atoms with van der Waals surface area (Å²) >= 11 is 0. The normalized spacial score (nSPS) is 39.5. The van der Waals surface area contributed by atoms with Crippen molar-refractivity contribution >= 4 is 0 Å². The van der Waals surface area contributed by atoms with Crippen molar-refractivity contribution in [2.45, 2.75) is 32.7 Å². The van der Waals surface area contributed by atoms with Crippen molar-refractivity contribution < 1.29 is 18.3 Å². The minimum atomic E-state index is -2.35. The Labute approximate surface area is 64.5 Å². The number of ether oxygens (including phenoxy) is 2. The van der Waals surface area contributed by atoms with Crippen LogP contribution in [0.5, 0.6) is 0 Å². The monoisotopic (exact) mass is 166 g/mol. The van der Waals surface area contributed by atoms with Crippen molar-refractivity contribution in [3.05, 3.63) is 0 Å². The van der Waals surface area contributed by atoms with Gasteiger partial charge in [-0.2, -0.15) is 0 Å². The van der Waals surface area contributed by atoms with E-state index < -0.39 is 18.4 Å². The number of alkyl halides is 2. The molecule has 1 saturated heterocycles. The van der Waals surface area contributed by atoms with Crippen LogP contribution in [0.2, 0.25) is 0 Å². The molecule has 1 aliphatic heterocycles. The van der Waals surface area contributed by atoms with Gasteiger partial charge in [0, 0.05) is 0 Å². The third-order valence-electron chi connectivity index (χ3n) is 1.86. The molecule has 1 aliphatic rings. The lowest BCUT2D eigenvalue weighted by molar-refractivity contribution is -0.240. The molecule has 2 nitrogen and oxygen atoms in total. The van der Waals surface area contributed by atoms with Crippen LogP contribution in [0.25, 0.3) is 0 Å². The van der Waals surface area contributed by atoms with Crippen molar-refractivity contribution in [3.63, 3.8) is 0 Å². The Kier molecular flexibility index (Phi) is 2.78. The maximum Gasteiger partial charge on any atom is 0.246 e. The van der Waals surface area contributed by atoms with Gasteiger partial charge in [-0.1, -0.05) is 0 Å². The molecule has 4 heteroatoms. The quantitative estimate of drug-likeness (QED) is 0.589. The summed E-state index contributed by atoms with van der Waals surface area (Å²) in [6, 6.07) is 0. The Hall–Kier alpha value is -0.220. The largest absolute Gasteiger partial charge is 0.352 e. The molecule has 0 radical (unpaired) electrons. The fourth-order valence-corrected chi connectivity index (χ4v) is 1.10. The fourth-order valence-electron chi connectivity index (χ4n) is 1.10. The third kappa shape index (κ3) is 2.10. The molecule has 66 valence electrons. The highest BCUT2D eigenvalue weighted by molar-refractivity contribution is 4.71. The average Bonchev–Trinajstić information content (AvgIpc) is 1.85. The van der Waals surface area contributed by atoms with E-state index in [1.54, 1.807) is 13.8 Å². The molecule has 11 heavy (non-hydrogen) atoms. The first-order valence-electron chi connectivity index (χ1n) is 3.66. The lowest BCUT2D eigenvalue weighted by Crippen LogP contribution is -2.40. The average molecular weight is 166 g/mol. The number of rotatable bonds is 1. The Morgan fingerprint density at radius 1 is 1.36 bits per heavy atom. The molecule has 0 bridgehead atoms. The maximum absolute atomic E-state index is 12.1. The summed E-state index contributed by atoms with van der Waals surface area (Å²) in [5.74, 6) is -0.772. The molecule has 3 unspecified atom stereocenters.